The molecule has 0 unspecified atom stereocenters. The van der Waals surface area contributed by atoms with Gasteiger partial charge in [0.15, 0.2) is 7.14 Å². The summed E-state index contributed by atoms with van der Waals surface area (Å²) in [6, 6.07) is 26.6. The van der Waals surface area contributed by atoms with Crippen LogP contribution in [0, 0.1) is 0 Å². The zero-order chi connectivity index (χ0) is 16.8. The van der Waals surface area contributed by atoms with Gasteiger partial charge in [-0.2, -0.15) is 0 Å². The van der Waals surface area contributed by atoms with Gasteiger partial charge in [0.05, 0.1) is 11.2 Å². The van der Waals surface area contributed by atoms with E-state index in [0.717, 1.165) is 10.6 Å². The van der Waals surface area contributed by atoms with Crippen LogP contribution in [0.25, 0.3) is 0 Å². The number of hydrogen-bond donors (Lipinski definition) is 0. The number of benzene rings is 3. The maximum atomic E-state index is 14.3. The molecule has 0 fully saturated rings. The molecule has 0 radical (unpaired) electrons. The van der Waals surface area contributed by atoms with Crippen molar-refractivity contribution in [3.8, 4) is 5.75 Å². The van der Waals surface area contributed by atoms with Crippen molar-refractivity contribution in [2.75, 3.05) is 12.5 Å². The van der Waals surface area contributed by atoms with Gasteiger partial charge in [0.2, 0.25) is 0 Å². The van der Waals surface area contributed by atoms with E-state index in [1.165, 1.54) is 0 Å². The van der Waals surface area contributed by atoms with Crippen LogP contribution in [0.2, 0.25) is 0 Å². The Morgan fingerprint density at radius 1 is 0.750 bits per heavy atom. The fourth-order valence-electron chi connectivity index (χ4n) is 2.69. The Morgan fingerprint density at radius 3 is 1.79 bits per heavy atom. The van der Waals surface area contributed by atoms with E-state index in [2.05, 4.69) is 0 Å². The highest BCUT2D eigenvalue weighted by molar-refractivity contribution is 7.85. The molecule has 3 aromatic carbocycles. The number of ether oxygens (including phenoxy) is 1. The van der Waals surface area contributed by atoms with Crippen LogP contribution in [0.15, 0.2) is 84.9 Å². The van der Waals surface area contributed by atoms with E-state index >= 15 is 0 Å². The highest BCUT2D eigenvalue weighted by atomic mass is 35.5. The third-order valence-electron chi connectivity index (χ3n) is 3.78. The summed E-state index contributed by atoms with van der Waals surface area (Å²) < 4.78 is 20.1. The van der Waals surface area contributed by atoms with Crippen LogP contribution in [0.3, 0.4) is 0 Å². The lowest BCUT2D eigenvalue weighted by atomic mass is 10.3. The van der Waals surface area contributed by atoms with E-state index in [-0.39, 0.29) is 0 Å². The second-order valence-corrected chi connectivity index (χ2v) is 8.40. The summed E-state index contributed by atoms with van der Waals surface area (Å²) in [6.45, 7) is 0.377. The largest absolute Gasteiger partial charge is 0.492 e. The Hall–Kier alpha value is -2.02. The molecule has 0 atom stereocenters. The Morgan fingerprint density at radius 2 is 1.25 bits per heavy atom. The first-order chi connectivity index (χ1) is 11.8. The number of alkyl halides is 1. The highest BCUT2D eigenvalue weighted by Gasteiger charge is 2.32. The number of hydrogen-bond acceptors (Lipinski definition) is 2. The molecular weight excluding hydrogens is 339 g/mol. The number of para-hydroxylation sites is 1. The molecule has 0 saturated carbocycles. The normalized spacial score (nSPS) is 11.2. The molecule has 3 rings (SSSR count). The molecule has 0 aromatic heterocycles. The van der Waals surface area contributed by atoms with Crippen LogP contribution in [-0.2, 0) is 4.57 Å². The quantitative estimate of drug-likeness (QED) is 0.494. The first kappa shape index (κ1) is 16.8. The molecule has 0 heterocycles. The summed E-state index contributed by atoms with van der Waals surface area (Å²) in [6.07, 6.45) is 0. The van der Waals surface area contributed by atoms with Crippen molar-refractivity contribution in [1.29, 1.82) is 0 Å². The van der Waals surface area contributed by atoms with Crippen LogP contribution < -0.4 is 20.7 Å². The van der Waals surface area contributed by atoms with Crippen molar-refractivity contribution < 1.29 is 9.30 Å². The summed E-state index contributed by atoms with van der Waals surface area (Å²) in [5.74, 6) is 1.00. The minimum atomic E-state index is -3.02. The summed E-state index contributed by atoms with van der Waals surface area (Å²) in [5, 5.41) is 2.28. The van der Waals surface area contributed by atoms with E-state index in [1.54, 1.807) is 0 Å². The van der Waals surface area contributed by atoms with Crippen LogP contribution in [0.1, 0.15) is 0 Å². The average Bonchev–Trinajstić information content (AvgIpc) is 2.67. The minimum absolute atomic E-state index is 0.377. The first-order valence-electron chi connectivity index (χ1n) is 7.76. The van der Waals surface area contributed by atoms with Gasteiger partial charge in [-0.3, -0.25) is 0 Å². The minimum Gasteiger partial charge on any atom is -0.492 e. The predicted octanol–water partition coefficient (Wildman–Crippen LogP) is 3.94. The van der Waals surface area contributed by atoms with Gasteiger partial charge in [0.25, 0.3) is 0 Å². The van der Waals surface area contributed by atoms with Gasteiger partial charge in [-0.05, 0) is 12.1 Å². The summed E-state index contributed by atoms with van der Waals surface area (Å²) in [4.78, 5) is 0. The van der Waals surface area contributed by atoms with Crippen LogP contribution >= 0.6 is 18.7 Å². The standard InChI is InChI=1S/C20H18ClO2P/c21-15-16-23-19-13-7-8-14-20(19)24(22,17-9-3-1-4-10-17)18-11-5-2-6-12-18/h1-14H,15-16H2. The van der Waals surface area contributed by atoms with Crippen molar-refractivity contribution in [2.45, 2.75) is 0 Å². The monoisotopic (exact) mass is 356 g/mol. The molecule has 122 valence electrons. The summed E-state index contributed by atoms with van der Waals surface area (Å²) >= 11 is 5.76. The maximum Gasteiger partial charge on any atom is 0.174 e. The SMILES string of the molecule is O=P(c1ccccc1)(c1ccccc1)c1ccccc1OCCCl. The van der Waals surface area contributed by atoms with Crippen LogP contribution in [-0.4, -0.2) is 12.5 Å². The molecule has 0 saturated heterocycles. The van der Waals surface area contributed by atoms with Gasteiger partial charge < -0.3 is 9.30 Å². The Kier molecular flexibility index (Phi) is 5.40. The van der Waals surface area contributed by atoms with E-state index in [0.29, 0.717) is 23.5 Å². The molecule has 3 aromatic rings. The highest BCUT2D eigenvalue weighted by Crippen LogP contribution is 2.44. The van der Waals surface area contributed by atoms with Gasteiger partial charge in [-0.25, -0.2) is 0 Å². The Bertz CT molecular complexity index is 791. The molecule has 2 nitrogen and oxygen atoms in total. The summed E-state index contributed by atoms with van der Waals surface area (Å²) in [7, 11) is -3.02. The second-order valence-electron chi connectivity index (χ2n) is 5.29. The molecule has 0 bridgehead atoms. The molecule has 0 spiro atoms. The van der Waals surface area contributed by atoms with Gasteiger partial charge in [0, 0.05) is 10.6 Å². The fraction of sp³-hybridized carbons (Fsp3) is 0.100. The lowest BCUT2D eigenvalue weighted by molar-refractivity contribution is 0.345. The van der Waals surface area contributed by atoms with E-state index < -0.39 is 7.14 Å². The maximum absolute atomic E-state index is 14.3. The van der Waals surface area contributed by atoms with Gasteiger partial charge in [-0.1, -0.05) is 72.8 Å². The average molecular weight is 357 g/mol. The predicted molar refractivity (Wildman–Crippen MR) is 102 cm³/mol. The number of rotatable bonds is 6. The van der Waals surface area contributed by atoms with E-state index in [9.17, 15) is 4.57 Å². The number of halogens is 1. The van der Waals surface area contributed by atoms with Crippen molar-refractivity contribution in [1.82, 2.24) is 0 Å². The van der Waals surface area contributed by atoms with Gasteiger partial charge >= 0.3 is 0 Å². The van der Waals surface area contributed by atoms with Crippen molar-refractivity contribution in [2.24, 2.45) is 0 Å². The molecule has 0 aliphatic carbocycles. The topological polar surface area (TPSA) is 26.3 Å². The molecule has 0 N–H and O–H groups in total. The van der Waals surface area contributed by atoms with E-state index in [4.69, 9.17) is 16.3 Å². The molecular formula is C20H18ClO2P. The van der Waals surface area contributed by atoms with Gasteiger partial charge in [0.1, 0.15) is 12.4 Å². The van der Waals surface area contributed by atoms with Crippen molar-refractivity contribution in [3.63, 3.8) is 0 Å². The lowest BCUT2D eigenvalue weighted by Gasteiger charge is -2.22. The lowest BCUT2D eigenvalue weighted by Crippen LogP contribution is -2.26. The second kappa shape index (κ2) is 7.70. The fourth-order valence-corrected chi connectivity index (χ4v) is 5.55. The smallest absolute Gasteiger partial charge is 0.174 e. The van der Waals surface area contributed by atoms with Crippen molar-refractivity contribution >= 4 is 34.7 Å². The molecule has 4 heteroatoms. The molecule has 0 aliphatic heterocycles. The zero-order valence-electron chi connectivity index (χ0n) is 13.1. The van der Waals surface area contributed by atoms with Crippen molar-refractivity contribution in [3.05, 3.63) is 84.9 Å². The van der Waals surface area contributed by atoms with Crippen LogP contribution in [0.4, 0.5) is 0 Å². The third-order valence-corrected chi connectivity index (χ3v) is 7.03. The van der Waals surface area contributed by atoms with Crippen LogP contribution in [0.5, 0.6) is 5.75 Å². The Balaban J connectivity index is 2.23. The Labute approximate surface area is 147 Å². The molecule has 24 heavy (non-hydrogen) atoms. The zero-order valence-corrected chi connectivity index (χ0v) is 14.8. The summed E-state index contributed by atoms with van der Waals surface area (Å²) in [5.41, 5.74) is 0. The molecule has 0 aliphatic rings. The van der Waals surface area contributed by atoms with E-state index in [1.807, 2.05) is 84.9 Å². The third kappa shape index (κ3) is 3.26. The molecule has 0 amide bonds. The first-order valence-corrected chi connectivity index (χ1v) is 10.0. The van der Waals surface area contributed by atoms with Gasteiger partial charge in [-0.15, -0.1) is 11.6 Å².